The number of amides is 3. The molecule has 1 atom stereocenters. The minimum Gasteiger partial charge on any atom is -0.481 e. The summed E-state index contributed by atoms with van der Waals surface area (Å²) in [5.41, 5.74) is 0. The van der Waals surface area contributed by atoms with Crippen LogP contribution in [-0.2, 0) is 9.59 Å². The van der Waals surface area contributed by atoms with Gasteiger partial charge in [-0.05, 0) is 13.3 Å². The Morgan fingerprint density at radius 2 is 1.94 bits per heavy atom. The van der Waals surface area contributed by atoms with E-state index in [9.17, 15) is 14.4 Å². The number of likely N-dealkylation sites (N-methyl/N-ethyl adjacent to an activating group) is 1. The summed E-state index contributed by atoms with van der Waals surface area (Å²) in [6.45, 7) is 1.90. The van der Waals surface area contributed by atoms with Gasteiger partial charge in [0, 0.05) is 27.1 Å². The Labute approximate surface area is 100 Å². The normalized spacial score (nSPS) is 11.5. The van der Waals surface area contributed by atoms with Crippen LogP contribution in [0.3, 0.4) is 0 Å². The molecule has 0 aliphatic heterocycles. The average molecular weight is 245 g/mol. The lowest BCUT2D eigenvalue weighted by atomic mass is 10.3. The number of aliphatic carboxylic acids is 1. The van der Waals surface area contributed by atoms with Crippen LogP contribution in [-0.4, -0.2) is 54.6 Å². The van der Waals surface area contributed by atoms with Crippen molar-refractivity contribution in [2.45, 2.75) is 25.8 Å². The van der Waals surface area contributed by atoms with Gasteiger partial charge in [0.1, 0.15) is 6.04 Å². The molecule has 7 heteroatoms. The molecule has 1 unspecified atom stereocenters. The Balaban J connectivity index is 3.96. The first-order chi connectivity index (χ1) is 7.88. The van der Waals surface area contributed by atoms with Gasteiger partial charge in [-0.2, -0.15) is 0 Å². The van der Waals surface area contributed by atoms with Gasteiger partial charge in [0.25, 0.3) is 0 Å². The topological polar surface area (TPSA) is 98.7 Å². The van der Waals surface area contributed by atoms with Crippen molar-refractivity contribution in [1.29, 1.82) is 0 Å². The van der Waals surface area contributed by atoms with Gasteiger partial charge < -0.3 is 20.6 Å². The Kier molecular flexibility index (Phi) is 6.69. The largest absolute Gasteiger partial charge is 0.481 e. The molecule has 98 valence electrons. The van der Waals surface area contributed by atoms with E-state index in [-0.39, 0.29) is 12.3 Å². The van der Waals surface area contributed by atoms with Gasteiger partial charge in [-0.1, -0.05) is 0 Å². The number of rotatable bonds is 6. The summed E-state index contributed by atoms with van der Waals surface area (Å²) < 4.78 is 0. The van der Waals surface area contributed by atoms with Gasteiger partial charge in [-0.25, -0.2) is 4.79 Å². The molecule has 0 saturated carbocycles. The number of nitrogens with zero attached hydrogens (tertiary/aromatic N) is 1. The lowest BCUT2D eigenvalue weighted by Gasteiger charge is -2.20. The molecule has 7 nitrogen and oxygen atoms in total. The lowest BCUT2D eigenvalue weighted by molar-refractivity contribution is -0.137. The van der Waals surface area contributed by atoms with Gasteiger partial charge in [-0.3, -0.25) is 9.59 Å². The fourth-order valence-corrected chi connectivity index (χ4v) is 1.15. The van der Waals surface area contributed by atoms with Crippen LogP contribution in [0.15, 0.2) is 0 Å². The van der Waals surface area contributed by atoms with E-state index in [0.29, 0.717) is 13.0 Å². The van der Waals surface area contributed by atoms with Crippen LogP contribution in [0.2, 0.25) is 0 Å². The van der Waals surface area contributed by atoms with E-state index in [0.717, 1.165) is 0 Å². The minimum absolute atomic E-state index is 0.0165. The maximum Gasteiger partial charge on any atom is 0.317 e. The summed E-state index contributed by atoms with van der Waals surface area (Å²) in [6.07, 6.45) is 0.399. The lowest BCUT2D eigenvalue weighted by Crippen LogP contribution is -2.48. The first kappa shape index (κ1) is 15.2. The van der Waals surface area contributed by atoms with Crippen molar-refractivity contribution < 1.29 is 19.5 Å². The summed E-state index contributed by atoms with van der Waals surface area (Å²) in [6, 6.07) is -1.01. The van der Waals surface area contributed by atoms with Crippen molar-refractivity contribution in [2.75, 3.05) is 20.6 Å². The van der Waals surface area contributed by atoms with E-state index in [1.54, 1.807) is 14.0 Å². The predicted octanol–water partition coefficient (Wildman–Crippen LogP) is -0.373. The zero-order valence-electron chi connectivity index (χ0n) is 10.3. The summed E-state index contributed by atoms with van der Waals surface area (Å²) in [5, 5.41) is 13.4. The first-order valence-electron chi connectivity index (χ1n) is 5.33. The van der Waals surface area contributed by atoms with Crippen molar-refractivity contribution in [1.82, 2.24) is 15.5 Å². The number of carbonyl (C=O) groups is 3. The Morgan fingerprint density at radius 3 is 2.41 bits per heavy atom. The molecule has 0 aromatic rings. The van der Waals surface area contributed by atoms with E-state index >= 15 is 0 Å². The highest BCUT2D eigenvalue weighted by atomic mass is 16.4. The third-order valence-corrected chi connectivity index (χ3v) is 2.21. The fourth-order valence-electron chi connectivity index (χ4n) is 1.15. The fraction of sp³-hybridized carbons (Fsp3) is 0.700. The van der Waals surface area contributed by atoms with E-state index in [2.05, 4.69) is 10.6 Å². The van der Waals surface area contributed by atoms with Gasteiger partial charge >= 0.3 is 12.0 Å². The van der Waals surface area contributed by atoms with Crippen LogP contribution in [0.25, 0.3) is 0 Å². The number of hydrogen-bond acceptors (Lipinski definition) is 3. The monoisotopic (exact) mass is 245 g/mol. The van der Waals surface area contributed by atoms with Crippen LogP contribution in [0.5, 0.6) is 0 Å². The molecule has 0 heterocycles. The second-order valence-electron chi connectivity index (χ2n) is 3.70. The van der Waals surface area contributed by atoms with E-state index in [1.165, 1.54) is 11.9 Å². The molecule has 0 aromatic heterocycles. The molecule has 0 saturated heterocycles. The molecule has 3 amide bonds. The zero-order chi connectivity index (χ0) is 13.4. The average Bonchev–Trinajstić information content (AvgIpc) is 2.26. The number of carboxylic acids is 1. The second kappa shape index (κ2) is 7.48. The zero-order valence-corrected chi connectivity index (χ0v) is 10.3. The Morgan fingerprint density at radius 1 is 1.35 bits per heavy atom. The van der Waals surface area contributed by atoms with Crippen molar-refractivity contribution in [3.05, 3.63) is 0 Å². The molecule has 0 rings (SSSR count). The van der Waals surface area contributed by atoms with Gasteiger partial charge in [0.2, 0.25) is 5.91 Å². The van der Waals surface area contributed by atoms with E-state index in [1.807, 2.05) is 0 Å². The van der Waals surface area contributed by atoms with Crippen LogP contribution in [0.1, 0.15) is 19.8 Å². The van der Waals surface area contributed by atoms with Crippen molar-refractivity contribution >= 4 is 17.9 Å². The number of hydrogen-bond donors (Lipinski definition) is 3. The van der Waals surface area contributed by atoms with Crippen LogP contribution >= 0.6 is 0 Å². The quantitative estimate of drug-likeness (QED) is 0.594. The van der Waals surface area contributed by atoms with Gasteiger partial charge in [0.15, 0.2) is 0 Å². The third kappa shape index (κ3) is 6.39. The summed E-state index contributed by atoms with van der Waals surface area (Å²) >= 11 is 0. The maximum atomic E-state index is 11.5. The third-order valence-electron chi connectivity index (χ3n) is 2.21. The Hall–Kier alpha value is -1.79. The summed E-state index contributed by atoms with van der Waals surface area (Å²) in [4.78, 5) is 34.3. The molecule has 0 bridgehead atoms. The molecule has 17 heavy (non-hydrogen) atoms. The maximum absolute atomic E-state index is 11.5. The smallest absolute Gasteiger partial charge is 0.317 e. The SMILES string of the molecule is CNC(=O)C(C)NC(=O)N(C)CCCC(=O)O. The van der Waals surface area contributed by atoms with Crippen molar-refractivity contribution in [3.63, 3.8) is 0 Å². The second-order valence-corrected chi connectivity index (χ2v) is 3.70. The van der Waals surface area contributed by atoms with Crippen molar-refractivity contribution in [2.24, 2.45) is 0 Å². The highest BCUT2D eigenvalue weighted by molar-refractivity contribution is 5.86. The molecule has 0 aliphatic carbocycles. The van der Waals surface area contributed by atoms with E-state index < -0.39 is 18.0 Å². The number of urea groups is 1. The highest BCUT2D eigenvalue weighted by Gasteiger charge is 2.16. The summed E-state index contributed by atoms with van der Waals surface area (Å²) in [5.74, 6) is -1.17. The molecule has 0 aliphatic rings. The van der Waals surface area contributed by atoms with E-state index in [4.69, 9.17) is 5.11 Å². The summed E-state index contributed by atoms with van der Waals surface area (Å²) in [7, 11) is 3.04. The number of carbonyl (C=O) groups excluding carboxylic acids is 2. The van der Waals surface area contributed by atoms with Gasteiger partial charge in [-0.15, -0.1) is 0 Å². The number of carboxylic acid groups (broad SMARTS) is 1. The number of nitrogens with one attached hydrogen (secondary N) is 2. The molecule has 0 radical (unpaired) electrons. The van der Waals surface area contributed by atoms with Crippen LogP contribution in [0.4, 0.5) is 4.79 Å². The molecule has 3 N–H and O–H groups in total. The molecular formula is C10H19N3O4. The van der Waals surface area contributed by atoms with Crippen LogP contribution in [0, 0.1) is 0 Å². The molecular weight excluding hydrogens is 226 g/mol. The standard InChI is InChI=1S/C10H19N3O4/c1-7(9(16)11-2)12-10(17)13(3)6-4-5-8(14)15/h7H,4-6H2,1-3H3,(H,11,16)(H,12,17)(H,14,15). The predicted molar refractivity (Wildman–Crippen MR) is 61.6 cm³/mol. The highest BCUT2D eigenvalue weighted by Crippen LogP contribution is 1.94. The van der Waals surface area contributed by atoms with Crippen molar-refractivity contribution in [3.8, 4) is 0 Å². The van der Waals surface area contributed by atoms with Crippen LogP contribution < -0.4 is 10.6 Å². The first-order valence-corrected chi connectivity index (χ1v) is 5.33. The molecule has 0 aromatic carbocycles. The minimum atomic E-state index is -0.891. The van der Waals surface area contributed by atoms with Gasteiger partial charge in [0.05, 0.1) is 0 Å². The Bertz CT molecular complexity index is 293. The molecule has 0 spiro atoms. The molecule has 0 fully saturated rings.